The van der Waals surface area contributed by atoms with Crippen LogP contribution in [0.4, 0.5) is 0 Å². The molecule has 1 aromatic heterocycles. The predicted molar refractivity (Wildman–Crippen MR) is 67.8 cm³/mol. The molecule has 0 aliphatic heterocycles. The largest absolute Gasteiger partial charge is 0.388 e. The lowest BCUT2D eigenvalue weighted by Gasteiger charge is -2.22. The zero-order valence-electron chi connectivity index (χ0n) is 8.83. The van der Waals surface area contributed by atoms with Crippen LogP contribution >= 0.6 is 27.3 Å². The van der Waals surface area contributed by atoms with Gasteiger partial charge in [-0.05, 0) is 34.8 Å². The maximum Gasteiger partial charge on any atom is 0.252 e. The zero-order chi connectivity index (χ0) is 11.6. The molecule has 2 N–H and O–H groups in total. The molecule has 1 aromatic rings. The molecule has 1 amide bonds. The second kappa shape index (κ2) is 4.85. The Kier molecular flexibility index (Phi) is 3.66. The lowest BCUT2D eigenvalue weighted by atomic mass is 10.0. The first-order valence-electron chi connectivity index (χ1n) is 5.34. The number of thiophene rings is 1. The summed E-state index contributed by atoms with van der Waals surface area (Å²) < 4.78 is 0.942. The maximum absolute atomic E-state index is 11.7. The van der Waals surface area contributed by atoms with Gasteiger partial charge in [0.25, 0.3) is 5.91 Å². The van der Waals surface area contributed by atoms with Gasteiger partial charge in [0.15, 0.2) is 0 Å². The molecule has 0 unspecified atom stereocenters. The Morgan fingerprint density at radius 3 is 2.81 bits per heavy atom. The first-order valence-corrected chi connectivity index (χ1v) is 7.01. The Hall–Kier alpha value is -0.390. The van der Waals surface area contributed by atoms with Crippen molar-refractivity contribution in [2.45, 2.75) is 31.3 Å². The average Bonchev–Trinajstić information content (AvgIpc) is 2.85. The molecule has 0 aromatic carbocycles. The van der Waals surface area contributed by atoms with Crippen LogP contribution in [0.15, 0.2) is 15.2 Å². The van der Waals surface area contributed by atoms with Gasteiger partial charge in [0.1, 0.15) is 0 Å². The molecular weight excluding hydrogens is 290 g/mol. The summed E-state index contributed by atoms with van der Waals surface area (Å²) in [6.07, 6.45) is 3.69. The monoisotopic (exact) mass is 303 g/mol. The zero-order valence-corrected chi connectivity index (χ0v) is 11.2. The highest BCUT2D eigenvalue weighted by Crippen LogP contribution is 2.28. The number of amides is 1. The van der Waals surface area contributed by atoms with Crippen LogP contribution in [0.3, 0.4) is 0 Å². The highest BCUT2D eigenvalue weighted by atomic mass is 79.9. The summed E-state index contributed by atoms with van der Waals surface area (Å²) in [7, 11) is 0. The van der Waals surface area contributed by atoms with Crippen molar-refractivity contribution in [1.29, 1.82) is 0 Å². The van der Waals surface area contributed by atoms with Crippen LogP contribution in [-0.2, 0) is 0 Å². The molecule has 1 heterocycles. The molecule has 1 aliphatic rings. The summed E-state index contributed by atoms with van der Waals surface area (Å²) in [4.78, 5) is 11.7. The number of nitrogens with one attached hydrogen (secondary N) is 1. The molecule has 2 rings (SSSR count). The fraction of sp³-hybridized carbons (Fsp3) is 0.545. The molecule has 5 heteroatoms. The highest BCUT2D eigenvalue weighted by molar-refractivity contribution is 9.11. The van der Waals surface area contributed by atoms with Crippen LogP contribution in [0.2, 0.25) is 0 Å². The van der Waals surface area contributed by atoms with Crippen LogP contribution < -0.4 is 5.32 Å². The molecule has 3 nitrogen and oxygen atoms in total. The maximum atomic E-state index is 11.7. The van der Waals surface area contributed by atoms with Crippen molar-refractivity contribution in [3.63, 3.8) is 0 Å². The van der Waals surface area contributed by atoms with Crippen molar-refractivity contribution >= 4 is 33.2 Å². The molecule has 1 saturated carbocycles. The second-order valence-corrected chi connectivity index (χ2v) is 6.54. The van der Waals surface area contributed by atoms with Gasteiger partial charge in [0, 0.05) is 11.9 Å². The Morgan fingerprint density at radius 2 is 2.25 bits per heavy atom. The minimum atomic E-state index is -0.678. The van der Waals surface area contributed by atoms with Gasteiger partial charge in [-0.2, -0.15) is 0 Å². The van der Waals surface area contributed by atoms with Crippen molar-refractivity contribution in [2.24, 2.45) is 0 Å². The number of carbonyl (C=O) groups is 1. The smallest absolute Gasteiger partial charge is 0.252 e. The average molecular weight is 304 g/mol. The van der Waals surface area contributed by atoms with Gasteiger partial charge in [0.05, 0.1) is 15.0 Å². The van der Waals surface area contributed by atoms with Gasteiger partial charge in [0.2, 0.25) is 0 Å². The van der Waals surface area contributed by atoms with Gasteiger partial charge in [-0.3, -0.25) is 4.79 Å². The number of rotatable bonds is 3. The third-order valence-corrected chi connectivity index (χ3v) is 4.45. The first kappa shape index (κ1) is 12.1. The van der Waals surface area contributed by atoms with Crippen molar-refractivity contribution < 1.29 is 9.90 Å². The van der Waals surface area contributed by atoms with Gasteiger partial charge in [-0.15, -0.1) is 11.3 Å². The lowest BCUT2D eigenvalue weighted by molar-refractivity contribution is 0.0450. The second-order valence-electron chi connectivity index (χ2n) is 4.25. The predicted octanol–water partition coefficient (Wildman–Crippen LogP) is 2.55. The van der Waals surface area contributed by atoms with E-state index in [1.54, 1.807) is 11.4 Å². The number of carbonyl (C=O) groups excluding carboxylic acids is 1. The van der Waals surface area contributed by atoms with Gasteiger partial charge in [-0.25, -0.2) is 0 Å². The Balaban J connectivity index is 1.88. The molecule has 1 fully saturated rings. The lowest BCUT2D eigenvalue weighted by Crippen LogP contribution is -2.40. The third-order valence-electron chi connectivity index (χ3n) is 2.94. The summed E-state index contributed by atoms with van der Waals surface area (Å²) in [5.41, 5.74) is -0.0263. The van der Waals surface area contributed by atoms with Gasteiger partial charge >= 0.3 is 0 Å². The summed E-state index contributed by atoms with van der Waals surface area (Å²) in [5, 5.41) is 14.7. The van der Waals surface area contributed by atoms with E-state index in [0.717, 1.165) is 29.5 Å². The normalized spacial score (nSPS) is 18.6. The van der Waals surface area contributed by atoms with Crippen LogP contribution in [0.5, 0.6) is 0 Å². The van der Waals surface area contributed by atoms with Gasteiger partial charge in [-0.1, -0.05) is 12.8 Å². The van der Waals surface area contributed by atoms with Crippen LogP contribution in [-0.4, -0.2) is 23.2 Å². The van der Waals surface area contributed by atoms with Crippen molar-refractivity contribution in [2.75, 3.05) is 6.54 Å². The van der Waals surface area contributed by atoms with E-state index < -0.39 is 5.60 Å². The minimum Gasteiger partial charge on any atom is -0.388 e. The molecule has 0 atom stereocenters. The van der Waals surface area contributed by atoms with E-state index in [0.29, 0.717) is 12.1 Å². The SMILES string of the molecule is O=C(NCC1(O)CCCC1)c1csc(Br)c1. The first-order chi connectivity index (χ1) is 7.59. The topological polar surface area (TPSA) is 49.3 Å². The van der Waals surface area contributed by atoms with E-state index >= 15 is 0 Å². The van der Waals surface area contributed by atoms with Crippen molar-refractivity contribution in [3.8, 4) is 0 Å². The standard InChI is InChI=1S/C11H14BrNO2S/c12-9-5-8(6-16-9)10(14)13-7-11(15)3-1-2-4-11/h5-6,15H,1-4,7H2,(H,13,14). The van der Waals surface area contributed by atoms with Crippen LogP contribution in [0, 0.1) is 0 Å². The summed E-state index contributed by atoms with van der Waals surface area (Å²) in [5.74, 6) is -0.109. The molecule has 0 spiro atoms. The Bertz CT molecular complexity index is 385. The van der Waals surface area contributed by atoms with E-state index in [2.05, 4.69) is 21.2 Å². The molecule has 0 radical (unpaired) electrons. The Morgan fingerprint density at radius 1 is 1.56 bits per heavy atom. The Labute approximate surface area is 107 Å². The summed E-state index contributed by atoms with van der Waals surface area (Å²) in [6, 6.07) is 1.79. The molecule has 0 saturated heterocycles. The number of aliphatic hydroxyl groups is 1. The molecule has 0 bridgehead atoms. The highest BCUT2D eigenvalue weighted by Gasteiger charge is 2.31. The van der Waals surface area contributed by atoms with E-state index in [9.17, 15) is 9.90 Å². The van der Waals surface area contributed by atoms with Gasteiger partial charge < -0.3 is 10.4 Å². The quantitative estimate of drug-likeness (QED) is 0.901. The van der Waals surface area contributed by atoms with E-state index in [1.807, 2.05) is 0 Å². The fourth-order valence-electron chi connectivity index (χ4n) is 1.99. The molecular formula is C11H14BrNO2S. The van der Waals surface area contributed by atoms with Crippen molar-refractivity contribution in [3.05, 3.63) is 20.8 Å². The minimum absolute atomic E-state index is 0.109. The summed E-state index contributed by atoms with van der Waals surface area (Å²) >= 11 is 4.80. The molecule has 88 valence electrons. The number of hydrogen-bond acceptors (Lipinski definition) is 3. The molecule has 16 heavy (non-hydrogen) atoms. The summed E-state index contributed by atoms with van der Waals surface area (Å²) in [6.45, 7) is 0.360. The molecule has 1 aliphatic carbocycles. The van der Waals surface area contributed by atoms with Crippen molar-refractivity contribution in [1.82, 2.24) is 5.32 Å². The van der Waals surface area contributed by atoms with Crippen LogP contribution in [0.25, 0.3) is 0 Å². The van der Waals surface area contributed by atoms with E-state index in [1.165, 1.54) is 11.3 Å². The fourth-order valence-corrected chi connectivity index (χ4v) is 3.12. The number of halogens is 1. The van der Waals surface area contributed by atoms with E-state index in [4.69, 9.17) is 0 Å². The third kappa shape index (κ3) is 2.84. The van der Waals surface area contributed by atoms with Crippen LogP contribution in [0.1, 0.15) is 36.0 Å². The number of hydrogen-bond donors (Lipinski definition) is 2. The van der Waals surface area contributed by atoms with E-state index in [-0.39, 0.29) is 5.91 Å².